The first kappa shape index (κ1) is 7.24. The molecular formula is C8H5N3. The summed E-state index contributed by atoms with van der Waals surface area (Å²) < 4.78 is 0. The van der Waals surface area contributed by atoms with Gasteiger partial charge in [-0.3, -0.25) is 4.98 Å². The van der Waals surface area contributed by atoms with E-state index < -0.39 is 5.92 Å². The van der Waals surface area contributed by atoms with Gasteiger partial charge in [0.1, 0.15) is 0 Å². The Hall–Kier alpha value is -1.87. The van der Waals surface area contributed by atoms with Gasteiger partial charge in [0.25, 0.3) is 0 Å². The Labute approximate surface area is 64.5 Å². The highest BCUT2D eigenvalue weighted by Gasteiger charge is 2.06. The van der Waals surface area contributed by atoms with Gasteiger partial charge in [-0.05, 0) is 6.07 Å². The van der Waals surface area contributed by atoms with Crippen molar-refractivity contribution in [3.63, 3.8) is 0 Å². The standard InChI is InChI=1S/C8H5N3/c9-4-8(5-10)7-2-1-3-11-6-7/h1-3,6,8H. The minimum absolute atomic E-state index is 0.650. The lowest BCUT2D eigenvalue weighted by Gasteiger charge is -1.95. The summed E-state index contributed by atoms with van der Waals surface area (Å²) in [6.45, 7) is 0. The molecule has 0 saturated heterocycles. The zero-order chi connectivity index (χ0) is 8.10. The average molecular weight is 143 g/mol. The Kier molecular flexibility index (Phi) is 2.20. The van der Waals surface area contributed by atoms with Crippen LogP contribution in [0.4, 0.5) is 0 Å². The van der Waals surface area contributed by atoms with Crippen molar-refractivity contribution in [2.24, 2.45) is 0 Å². The fraction of sp³-hybridized carbons (Fsp3) is 0.125. The molecule has 0 aliphatic carbocycles. The number of nitrogens with zero attached hydrogens (tertiary/aromatic N) is 3. The summed E-state index contributed by atoms with van der Waals surface area (Å²) in [7, 11) is 0. The molecule has 0 spiro atoms. The second kappa shape index (κ2) is 3.34. The predicted molar refractivity (Wildman–Crippen MR) is 38.2 cm³/mol. The summed E-state index contributed by atoms with van der Waals surface area (Å²) in [6.07, 6.45) is 3.13. The van der Waals surface area contributed by atoms with Crippen molar-refractivity contribution in [2.75, 3.05) is 0 Å². The van der Waals surface area contributed by atoms with Crippen LogP contribution in [0.1, 0.15) is 11.5 Å². The molecule has 0 amide bonds. The number of hydrogen-bond donors (Lipinski definition) is 0. The molecule has 0 radical (unpaired) electrons. The summed E-state index contributed by atoms with van der Waals surface area (Å²) >= 11 is 0. The highest BCUT2D eigenvalue weighted by atomic mass is 14.6. The lowest BCUT2D eigenvalue weighted by atomic mass is 10.1. The second-order valence-electron chi connectivity index (χ2n) is 1.98. The Morgan fingerprint density at radius 3 is 2.55 bits per heavy atom. The molecule has 0 aliphatic rings. The first-order chi connectivity index (χ1) is 5.38. The van der Waals surface area contributed by atoms with Crippen molar-refractivity contribution in [3.05, 3.63) is 30.1 Å². The van der Waals surface area contributed by atoms with Gasteiger partial charge in [-0.1, -0.05) is 6.07 Å². The van der Waals surface area contributed by atoms with Crippen LogP contribution in [0.15, 0.2) is 24.5 Å². The third kappa shape index (κ3) is 1.53. The highest BCUT2D eigenvalue weighted by Crippen LogP contribution is 2.10. The van der Waals surface area contributed by atoms with Gasteiger partial charge in [-0.25, -0.2) is 0 Å². The molecule has 11 heavy (non-hydrogen) atoms. The van der Waals surface area contributed by atoms with Gasteiger partial charge >= 0.3 is 0 Å². The number of hydrogen-bond acceptors (Lipinski definition) is 3. The molecule has 52 valence electrons. The first-order valence-corrected chi connectivity index (χ1v) is 3.07. The molecule has 0 bridgehead atoms. The summed E-state index contributed by atoms with van der Waals surface area (Å²) in [5.41, 5.74) is 0.650. The molecule has 0 aromatic carbocycles. The van der Waals surface area contributed by atoms with E-state index in [1.807, 2.05) is 12.1 Å². The van der Waals surface area contributed by atoms with Crippen LogP contribution in [0, 0.1) is 22.7 Å². The molecule has 0 N–H and O–H groups in total. The molecule has 3 heteroatoms. The van der Waals surface area contributed by atoms with E-state index in [2.05, 4.69) is 4.98 Å². The van der Waals surface area contributed by atoms with Crippen molar-refractivity contribution < 1.29 is 0 Å². The van der Waals surface area contributed by atoms with E-state index >= 15 is 0 Å². The molecule has 1 aromatic heterocycles. The van der Waals surface area contributed by atoms with Crippen LogP contribution in [-0.2, 0) is 0 Å². The Morgan fingerprint density at radius 1 is 1.36 bits per heavy atom. The quantitative estimate of drug-likeness (QED) is 0.593. The molecule has 0 atom stereocenters. The highest BCUT2D eigenvalue weighted by molar-refractivity contribution is 5.27. The molecule has 3 nitrogen and oxygen atoms in total. The first-order valence-electron chi connectivity index (χ1n) is 3.07. The molecule has 0 unspecified atom stereocenters. The smallest absolute Gasteiger partial charge is 0.159 e. The zero-order valence-corrected chi connectivity index (χ0v) is 5.73. The van der Waals surface area contributed by atoms with Crippen molar-refractivity contribution in [2.45, 2.75) is 5.92 Å². The SMILES string of the molecule is N#CC(C#N)c1cccnc1. The van der Waals surface area contributed by atoms with Crippen molar-refractivity contribution in [1.29, 1.82) is 10.5 Å². The van der Waals surface area contributed by atoms with Gasteiger partial charge in [0.15, 0.2) is 5.92 Å². The van der Waals surface area contributed by atoms with E-state index in [-0.39, 0.29) is 0 Å². The van der Waals surface area contributed by atoms with Gasteiger partial charge in [-0.15, -0.1) is 0 Å². The maximum absolute atomic E-state index is 8.48. The number of aromatic nitrogens is 1. The number of nitriles is 2. The van der Waals surface area contributed by atoms with E-state index in [0.717, 1.165) is 0 Å². The molecule has 1 rings (SSSR count). The zero-order valence-electron chi connectivity index (χ0n) is 5.73. The minimum atomic E-state index is -0.691. The molecule has 1 aromatic rings. The molecule has 0 aliphatic heterocycles. The summed E-state index contributed by atoms with van der Waals surface area (Å²) in [5, 5.41) is 17.0. The van der Waals surface area contributed by atoms with Crippen LogP contribution in [0.5, 0.6) is 0 Å². The van der Waals surface area contributed by atoms with E-state index in [4.69, 9.17) is 10.5 Å². The van der Waals surface area contributed by atoms with Crippen LogP contribution in [-0.4, -0.2) is 4.98 Å². The van der Waals surface area contributed by atoms with Gasteiger partial charge < -0.3 is 0 Å². The lowest BCUT2D eigenvalue weighted by molar-refractivity contribution is 1.07. The van der Waals surface area contributed by atoms with E-state index in [1.54, 1.807) is 18.3 Å². The fourth-order valence-corrected chi connectivity index (χ4v) is 0.725. The Bertz CT molecular complexity index is 290. The maximum atomic E-state index is 8.48. The third-order valence-corrected chi connectivity index (χ3v) is 1.28. The molecule has 0 fully saturated rings. The number of pyridine rings is 1. The van der Waals surface area contributed by atoms with Gasteiger partial charge in [-0.2, -0.15) is 10.5 Å². The van der Waals surface area contributed by atoms with E-state index in [0.29, 0.717) is 5.56 Å². The van der Waals surface area contributed by atoms with Crippen LogP contribution in [0.25, 0.3) is 0 Å². The van der Waals surface area contributed by atoms with Crippen molar-refractivity contribution in [1.82, 2.24) is 4.98 Å². The van der Waals surface area contributed by atoms with Gasteiger partial charge in [0.2, 0.25) is 0 Å². The lowest BCUT2D eigenvalue weighted by Crippen LogP contribution is -1.91. The molecular weight excluding hydrogens is 138 g/mol. The van der Waals surface area contributed by atoms with Crippen LogP contribution in [0.2, 0.25) is 0 Å². The van der Waals surface area contributed by atoms with Crippen LogP contribution < -0.4 is 0 Å². The van der Waals surface area contributed by atoms with E-state index in [1.165, 1.54) is 6.20 Å². The van der Waals surface area contributed by atoms with E-state index in [9.17, 15) is 0 Å². The van der Waals surface area contributed by atoms with Crippen LogP contribution >= 0.6 is 0 Å². The monoisotopic (exact) mass is 143 g/mol. The minimum Gasteiger partial charge on any atom is -0.264 e. The largest absolute Gasteiger partial charge is 0.264 e. The number of rotatable bonds is 1. The summed E-state index contributed by atoms with van der Waals surface area (Å²) in [5.74, 6) is -0.691. The van der Waals surface area contributed by atoms with Crippen LogP contribution in [0.3, 0.4) is 0 Å². The van der Waals surface area contributed by atoms with Gasteiger partial charge in [0.05, 0.1) is 12.1 Å². The maximum Gasteiger partial charge on any atom is 0.159 e. The van der Waals surface area contributed by atoms with Crippen molar-refractivity contribution in [3.8, 4) is 12.1 Å². The third-order valence-electron chi connectivity index (χ3n) is 1.28. The fourth-order valence-electron chi connectivity index (χ4n) is 0.725. The average Bonchev–Trinajstić information content (AvgIpc) is 2.09. The summed E-state index contributed by atoms with van der Waals surface area (Å²) in [6, 6.07) is 7.15. The Balaban J connectivity index is 2.96. The predicted octanol–water partition coefficient (Wildman–Crippen LogP) is 1.21. The summed E-state index contributed by atoms with van der Waals surface area (Å²) in [4.78, 5) is 3.80. The van der Waals surface area contributed by atoms with Crippen molar-refractivity contribution >= 4 is 0 Å². The topological polar surface area (TPSA) is 60.5 Å². The molecule has 1 heterocycles. The van der Waals surface area contributed by atoms with Gasteiger partial charge in [0, 0.05) is 18.0 Å². The Morgan fingerprint density at radius 2 is 2.09 bits per heavy atom. The molecule has 0 saturated carbocycles. The normalized spacial score (nSPS) is 8.64. The second-order valence-corrected chi connectivity index (χ2v) is 1.98.